The van der Waals surface area contributed by atoms with Crippen LogP contribution in [-0.2, 0) is 19.7 Å². The highest BCUT2D eigenvalue weighted by Gasteiger charge is 2.36. The molecule has 0 heterocycles. The lowest BCUT2D eigenvalue weighted by molar-refractivity contribution is -0.147. The summed E-state index contributed by atoms with van der Waals surface area (Å²) in [5, 5.41) is 0. The molecule has 1 rings (SSSR count). The standard InChI is InChI=1S/C21H32O3/c1-5-6-7-8-12-15-24-20(23)16-19(17(2)22)21(3,4)18-13-10-9-11-14-18/h9-11,13-14,19H,5-8,12,15-16H2,1-4H3. The van der Waals surface area contributed by atoms with Crippen LogP contribution >= 0.6 is 0 Å². The summed E-state index contributed by atoms with van der Waals surface area (Å²) in [6.07, 6.45) is 5.75. The van der Waals surface area contributed by atoms with Gasteiger partial charge in [0.05, 0.1) is 13.0 Å². The molecule has 1 atom stereocenters. The van der Waals surface area contributed by atoms with Gasteiger partial charge in [0.1, 0.15) is 5.78 Å². The van der Waals surface area contributed by atoms with Crippen LogP contribution in [0.5, 0.6) is 0 Å². The Kier molecular flexibility index (Phi) is 8.73. The van der Waals surface area contributed by atoms with Gasteiger partial charge in [0, 0.05) is 5.92 Å². The van der Waals surface area contributed by atoms with Gasteiger partial charge >= 0.3 is 5.97 Å². The Morgan fingerprint density at radius 1 is 1.04 bits per heavy atom. The van der Waals surface area contributed by atoms with Crippen molar-refractivity contribution in [3.63, 3.8) is 0 Å². The van der Waals surface area contributed by atoms with Crippen molar-refractivity contribution in [2.75, 3.05) is 6.61 Å². The monoisotopic (exact) mass is 332 g/mol. The maximum atomic E-state index is 12.2. The normalized spacial score (nSPS) is 12.7. The zero-order valence-corrected chi connectivity index (χ0v) is 15.6. The van der Waals surface area contributed by atoms with E-state index in [1.54, 1.807) is 6.92 Å². The van der Waals surface area contributed by atoms with Crippen LogP contribution in [-0.4, -0.2) is 18.4 Å². The first-order chi connectivity index (χ1) is 11.4. The molecular weight excluding hydrogens is 300 g/mol. The molecule has 134 valence electrons. The van der Waals surface area contributed by atoms with E-state index in [0.29, 0.717) is 6.61 Å². The summed E-state index contributed by atoms with van der Waals surface area (Å²) in [6, 6.07) is 9.89. The van der Waals surface area contributed by atoms with E-state index in [9.17, 15) is 9.59 Å². The van der Waals surface area contributed by atoms with Crippen LogP contribution in [0.2, 0.25) is 0 Å². The molecular formula is C21H32O3. The summed E-state index contributed by atoms with van der Waals surface area (Å²) in [5.74, 6) is -0.606. The van der Waals surface area contributed by atoms with Gasteiger partial charge in [-0.05, 0) is 24.3 Å². The molecule has 0 N–H and O–H groups in total. The van der Waals surface area contributed by atoms with Gasteiger partial charge < -0.3 is 4.74 Å². The van der Waals surface area contributed by atoms with E-state index in [0.717, 1.165) is 18.4 Å². The number of esters is 1. The zero-order chi connectivity index (χ0) is 18.0. The second kappa shape index (κ2) is 10.3. The van der Waals surface area contributed by atoms with Gasteiger partial charge in [-0.15, -0.1) is 0 Å². The number of ether oxygens (including phenoxy) is 1. The lowest BCUT2D eigenvalue weighted by Gasteiger charge is -2.32. The number of benzene rings is 1. The fourth-order valence-electron chi connectivity index (χ4n) is 3.09. The Morgan fingerprint density at radius 3 is 2.25 bits per heavy atom. The zero-order valence-electron chi connectivity index (χ0n) is 15.6. The van der Waals surface area contributed by atoms with Gasteiger partial charge in [-0.1, -0.05) is 76.8 Å². The summed E-state index contributed by atoms with van der Waals surface area (Å²) >= 11 is 0. The van der Waals surface area contributed by atoms with E-state index < -0.39 is 5.41 Å². The lowest BCUT2D eigenvalue weighted by Crippen LogP contribution is -2.35. The van der Waals surface area contributed by atoms with Crippen LogP contribution in [0.1, 0.15) is 71.8 Å². The van der Waals surface area contributed by atoms with E-state index in [1.807, 2.05) is 44.2 Å². The SMILES string of the molecule is CCCCCCCOC(=O)CC(C(C)=O)C(C)(C)c1ccccc1. The molecule has 1 aromatic rings. The smallest absolute Gasteiger partial charge is 0.306 e. The van der Waals surface area contributed by atoms with E-state index >= 15 is 0 Å². The number of Topliss-reactive ketones (excluding diaryl/α,β-unsaturated/α-hetero) is 1. The fraction of sp³-hybridized carbons (Fsp3) is 0.619. The van der Waals surface area contributed by atoms with Crippen molar-refractivity contribution in [2.45, 2.75) is 71.6 Å². The summed E-state index contributed by atoms with van der Waals surface area (Å²) in [6.45, 7) is 8.24. The Labute approximate surface area is 146 Å². The van der Waals surface area contributed by atoms with Crippen LogP contribution in [0.25, 0.3) is 0 Å². The highest BCUT2D eigenvalue weighted by molar-refractivity contribution is 5.85. The van der Waals surface area contributed by atoms with Crippen molar-refractivity contribution in [3.8, 4) is 0 Å². The van der Waals surface area contributed by atoms with Crippen LogP contribution in [0.15, 0.2) is 30.3 Å². The first-order valence-corrected chi connectivity index (χ1v) is 9.11. The quantitative estimate of drug-likeness (QED) is 0.419. The third kappa shape index (κ3) is 6.46. The second-order valence-electron chi connectivity index (χ2n) is 7.09. The molecule has 0 bridgehead atoms. The Hall–Kier alpha value is -1.64. The molecule has 0 spiro atoms. The van der Waals surface area contributed by atoms with Crippen molar-refractivity contribution in [1.82, 2.24) is 0 Å². The van der Waals surface area contributed by atoms with Crippen molar-refractivity contribution in [3.05, 3.63) is 35.9 Å². The average molecular weight is 332 g/mol. The van der Waals surface area contributed by atoms with E-state index in [2.05, 4.69) is 6.92 Å². The molecule has 0 amide bonds. The molecule has 0 aliphatic heterocycles. The van der Waals surface area contributed by atoms with Crippen molar-refractivity contribution >= 4 is 11.8 Å². The van der Waals surface area contributed by atoms with Crippen LogP contribution < -0.4 is 0 Å². The first kappa shape index (κ1) is 20.4. The Morgan fingerprint density at radius 2 is 1.67 bits per heavy atom. The van der Waals surface area contributed by atoms with Gasteiger partial charge in [-0.2, -0.15) is 0 Å². The third-order valence-electron chi connectivity index (χ3n) is 4.76. The number of carbonyl (C=O) groups is 2. The third-order valence-corrected chi connectivity index (χ3v) is 4.76. The molecule has 0 saturated heterocycles. The van der Waals surface area contributed by atoms with Crippen molar-refractivity contribution in [1.29, 1.82) is 0 Å². The van der Waals surface area contributed by atoms with Gasteiger partial charge in [0.25, 0.3) is 0 Å². The molecule has 24 heavy (non-hydrogen) atoms. The maximum Gasteiger partial charge on any atom is 0.306 e. The highest BCUT2D eigenvalue weighted by atomic mass is 16.5. The molecule has 0 radical (unpaired) electrons. The maximum absolute atomic E-state index is 12.2. The fourth-order valence-corrected chi connectivity index (χ4v) is 3.09. The van der Waals surface area contributed by atoms with Gasteiger partial charge in [-0.25, -0.2) is 0 Å². The minimum absolute atomic E-state index is 0.0312. The van der Waals surface area contributed by atoms with Crippen molar-refractivity contribution < 1.29 is 14.3 Å². The van der Waals surface area contributed by atoms with Gasteiger partial charge in [-0.3, -0.25) is 9.59 Å². The predicted octanol–water partition coefficient (Wildman–Crippen LogP) is 5.07. The van der Waals surface area contributed by atoms with Gasteiger partial charge in [0.2, 0.25) is 0 Å². The van der Waals surface area contributed by atoms with Crippen LogP contribution in [0, 0.1) is 5.92 Å². The predicted molar refractivity (Wildman–Crippen MR) is 98.0 cm³/mol. The Balaban J connectivity index is 2.57. The van der Waals surface area contributed by atoms with Crippen LogP contribution in [0.3, 0.4) is 0 Å². The Bertz CT molecular complexity index is 505. The molecule has 3 nitrogen and oxygen atoms in total. The molecule has 0 aliphatic carbocycles. The second-order valence-corrected chi connectivity index (χ2v) is 7.09. The topological polar surface area (TPSA) is 43.4 Å². The van der Waals surface area contributed by atoms with Crippen LogP contribution in [0.4, 0.5) is 0 Å². The van der Waals surface area contributed by atoms with Crippen molar-refractivity contribution in [2.24, 2.45) is 5.92 Å². The molecule has 0 aromatic heterocycles. The van der Waals surface area contributed by atoms with E-state index in [1.165, 1.54) is 19.3 Å². The van der Waals surface area contributed by atoms with Gasteiger partial charge in [0.15, 0.2) is 0 Å². The summed E-state index contributed by atoms with van der Waals surface area (Å²) in [5.41, 5.74) is 0.672. The first-order valence-electron chi connectivity index (χ1n) is 9.11. The minimum atomic E-state index is -0.396. The summed E-state index contributed by atoms with van der Waals surface area (Å²) in [4.78, 5) is 24.3. The largest absolute Gasteiger partial charge is 0.466 e. The number of hydrogen-bond donors (Lipinski definition) is 0. The molecule has 1 aromatic carbocycles. The number of rotatable bonds is 11. The molecule has 0 fully saturated rings. The highest BCUT2D eigenvalue weighted by Crippen LogP contribution is 2.34. The van der Waals surface area contributed by atoms with E-state index in [4.69, 9.17) is 4.74 Å². The molecule has 1 unspecified atom stereocenters. The number of hydrogen-bond acceptors (Lipinski definition) is 3. The number of unbranched alkanes of at least 4 members (excludes halogenated alkanes) is 4. The van der Waals surface area contributed by atoms with E-state index in [-0.39, 0.29) is 24.1 Å². The minimum Gasteiger partial charge on any atom is -0.466 e. The number of ketones is 1. The molecule has 3 heteroatoms. The summed E-state index contributed by atoms with van der Waals surface area (Å²) in [7, 11) is 0. The molecule has 0 saturated carbocycles. The average Bonchev–Trinajstić information content (AvgIpc) is 2.56. The lowest BCUT2D eigenvalue weighted by atomic mass is 9.70. The summed E-state index contributed by atoms with van der Waals surface area (Å²) < 4.78 is 5.34. The number of carbonyl (C=O) groups excluding carboxylic acids is 2. The molecule has 0 aliphatic rings.